The highest BCUT2D eigenvalue weighted by atomic mass is 16.5. The minimum absolute atomic E-state index is 0.0110. The van der Waals surface area contributed by atoms with Gasteiger partial charge in [-0.15, -0.1) is 0 Å². The van der Waals surface area contributed by atoms with Crippen molar-refractivity contribution in [3.05, 3.63) is 20.8 Å². The summed E-state index contributed by atoms with van der Waals surface area (Å²) >= 11 is 0. The second-order valence-electron chi connectivity index (χ2n) is 4.67. The molecule has 1 aromatic heterocycles. The zero-order chi connectivity index (χ0) is 15.8. The van der Waals surface area contributed by atoms with Crippen molar-refractivity contribution in [3.8, 4) is 0 Å². The second-order valence-corrected chi connectivity index (χ2v) is 4.67. The lowest BCUT2D eigenvalue weighted by molar-refractivity contribution is 0.0922. The van der Waals surface area contributed by atoms with Crippen molar-refractivity contribution in [3.63, 3.8) is 0 Å². The van der Waals surface area contributed by atoms with Crippen LogP contribution in [0.5, 0.6) is 0 Å². The molecular formula is C13H24N4O4. The van der Waals surface area contributed by atoms with E-state index in [1.807, 2.05) is 6.92 Å². The Kier molecular flexibility index (Phi) is 6.97. The number of rotatable bonds is 9. The van der Waals surface area contributed by atoms with Crippen LogP contribution in [0.1, 0.15) is 19.8 Å². The van der Waals surface area contributed by atoms with E-state index >= 15 is 0 Å². The molecule has 0 aliphatic carbocycles. The number of aromatic nitrogens is 2. The lowest BCUT2D eigenvalue weighted by atomic mass is 10.3. The molecule has 0 atom stereocenters. The molecule has 1 heterocycles. The maximum atomic E-state index is 12.1. The van der Waals surface area contributed by atoms with Gasteiger partial charge in [-0.3, -0.25) is 13.9 Å². The second kappa shape index (κ2) is 8.48. The van der Waals surface area contributed by atoms with Gasteiger partial charge in [-0.05, 0) is 12.8 Å². The van der Waals surface area contributed by atoms with Gasteiger partial charge >= 0.3 is 5.69 Å². The smallest absolute Gasteiger partial charge is 0.332 e. The molecule has 0 saturated heterocycles. The Balaban J connectivity index is 2.82. The number of hydrogen-bond donors (Lipinski definition) is 3. The lowest BCUT2D eigenvalue weighted by Gasteiger charge is -2.15. The summed E-state index contributed by atoms with van der Waals surface area (Å²) in [6, 6.07) is 0. The topological polar surface area (TPSA) is 112 Å². The number of anilines is 2. The number of nitrogen functional groups attached to an aromatic ring is 1. The monoisotopic (exact) mass is 300 g/mol. The van der Waals surface area contributed by atoms with E-state index in [0.29, 0.717) is 32.7 Å². The number of nitrogens with zero attached hydrogens (tertiary/aromatic N) is 2. The average molecular weight is 300 g/mol. The van der Waals surface area contributed by atoms with Crippen LogP contribution in [-0.2, 0) is 18.3 Å². The SMILES string of the molecule is CCCn1c(N)c(NCCCOCCO)c(=O)n(C)c1=O. The molecule has 0 saturated carbocycles. The summed E-state index contributed by atoms with van der Waals surface area (Å²) in [6.07, 6.45) is 1.41. The highest BCUT2D eigenvalue weighted by Crippen LogP contribution is 2.10. The third kappa shape index (κ3) is 4.33. The molecule has 0 aliphatic rings. The fraction of sp³-hybridized carbons (Fsp3) is 0.692. The average Bonchev–Trinajstić information content (AvgIpc) is 2.48. The van der Waals surface area contributed by atoms with Crippen LogP contribution in [-0.4, -0.2) is 40.6 Å². The summed E-state index contributed by atoms with van der Waals surface area (Å²) in [5.74, 6) is 0.168. The molecule has 0 aliphatic heterocycles. The maximum absolute atomic E-state index is 12.1. The van der Waals surface area contributed by atoms with Crippen LogP contribution in [0, 0.1) is 0 Å². The van der Waals surface area contributed by atoms with E-state index in [1.165, 1.54) is 11.6 Å². The molecule has 0 radical (unpaired) electrons. The van der Waals surface area contributed by atoms with E-state index in [2.05, 4.69) is 5.32 Å². The summed E-state index contributed by atoms with van der Waals surface area (Å²) in [5.41, 5.74) is 5.33. The largest absolute Gasteiger partial charge is 0.394 e. The summed E-state index contributed by atoms with van der Waals surface area (Å²) in [5, 5.41) is 11.5. The fourth-order valence-corrected chi connectivity index (χ4v) is 1.94. The first-order chi connectivity index (χ1) is 10.0. The van der Waals surface area contributed by atoms with E-state index in [0.717, 1.165) is 11.0 Å². The Morgan fingerprint density at radius 1 is 1.33 bits per heavy atom. The van der Waals surface area contributed by atoms with Crippen molar-refractivity contribution in [1.29, 1.82) is 0 Å². The third-order valence-electron chi connectivity index (χ3n) is 3.03. The lowest BCUT2D eigenvalue weighted by Crippen LogP contribution is -2.40. The quantitative estimate of drug-likeness (QED) is 0.523. The van der Waals surface area contributed by atoms with Crippen LogP contribution >= 0.6 is 0 Å². The van der Waals surface area contributed by atoms with E-state index in [4.69, 9.17) is 15.6 Å². The minimum Gasteiger partial charge on any atom is -0.394 e. The van der Waals surface area contributed by atoms with Crippen LogP contribution in [0.25, 0.3) is 0 Å². The molecule has 4 N–H and O–H groups in total. The normalized spacial score (nSPS) is 10.8. The van der Waals surface area contributed by atoms with Gasteiger partial charge in [0.15, 0.2) is 0 Å². The Bertz CT molecular complexity index is 565. The van der Waals surface area contributed by atoms with Crippen molar-refractivity contribution >= 4 is 11.5 Å². The van der Waals surface area contributed by atoms with E-state index in [9.17, 15) is 9.59 Å². The molecular weight excluding hydrogens is 276 g/mol. The van der Waals surface area contributed by atoms with Crippen LogP contribution in [0.15, 0.2) is 9.59 Å². The Hall–Kier alpha value is -1.80. The Morgan fingerprint density at radius 2 is 2.05 bits per heavy atom. The molecule has 21 heavy (non-hydrogen) atoms. The van der Waals surface area contributed by atoms with Crippen LogP contribution in [0.4, 0.5) is 11.5 Å². The molecule has 0 amide bonds. The van der Waals surface area contributed by atoms with Gasteiger partial charge in [0.25, 0.3) is 5.56 Å². The van der Waals surface area contributed by atoms with E-state index < -0.39 is 11.2 Å². The number of hydrogen-bond acceptors (Lipinski definition) is 6. The maximum Gasteiger partial charge on any atom is 0.332 e. The van der Waals surface area contributed by atoms with Gasteiger partial charge in [-0.2, -0.15) is 0 Å². The zero-order valence-corrected chi connectivity index (χ0v) is 12.6. The summed E-state index contributed by atoms with van der Waals surface area (Å²) < 4.78 is 7.57. The third-order valence-corrected chi connectivity index (χ3v) is 3.03. The molecule has 120 valence electrons. The predicted molar refractivity (Wildman–Crippen MR) is 81.7 cm³/mol. The first-order valence-corrected chi connectivity index (χ1v) is 7.06. The minimum atomic E-state index is -0.430. The molecule has 0 unspecified atom stereocenters. The van der Waals surface area contributed by atoms with Crippen molar-refractivity contribution in [2.75, 3.05) is 37.4 Å². The number of aliphatic hydroxyl groups excluding tert-OH is 1. The van der Waals surface area contributed by atoms with Gasteiger partial charge in [0.1, 0.15) is 11.5 Å². The van der Waals surface area contributed by atoms with Crippen LogP contribution in [0.2, 0.25) is 0 Å². The first-order valence-electron chi connectivity index (χ1n) is 7.06. The van der Waals surface area contributed by atoms with Gasteiger partial charge in [0.2, 0.25) is 0 Å². The molecule has 1 rings (SSSR count). The molecule has 0 fully saturated rings. The van der Waals surface area contributed by atoms with E-state index in [1.54, 1.807) is 0 Å². The highest BCUT2D eigenvalue weighted by molar-refractivity contribution is 5.60. The Labute approximate surface area is 123 Å². The standard InChI is InChI=1S/C13H24N4O4/c1-3-6-17-11(14)10(12(19)16(2)13(17)20)15-5-4-8-21-9-7-18/h15,18H,3-9,14H2,1-2H3. The highest BCUT2D eigenvalue weighted by Gasteiger charge is 2.14. The molecule has 0 bridgehead atoms. The van der Waals surface area contributed by atoms with Gasteiger partial charge < -0.3 is 20.9 Å². The van der Waals surface area contributed by atoms with E-state index in [-0.39, 0.29) is 18.1 Å². The van der Waals surface area contributed by atoms with Gasteiger partial charge in [-0.1, -0.05) is 6.92 Å². The number of ether oxygens (including phenoxy) is 1. The molecule has 1 aromatic rings. The Morgan fingerprint density at radius 3 is 2.67 bits per heavy atom. The van der Waals surface area contributed by atoms with Gasteiger partial charge in [0.05, 0.1) is 13.2 Å². The van der Waals surface area contributed by atoms with Crippen LogP contribution < -0.4 is 22.3 Å². The molecule has 0 spiro atoms. The molecule has 0 aromatic carbocycles. The van der Waals surface area contributed by atoms with Gasteiger partial charge in [0, 0.05) is 26.7 Å². The predicted octanol–water partition coefficient (Wildman–Crippen LogP) is -0.650. The van der Waals surface area contributed by atoms with Crippen molar-refractivity contribution < 1.29 is 9.84 Å². The zero-order valence-electron chi connectivity index (χ0n) is 12.6. The molecule has 8 nitrogen and oxygen atoms in total. The fourth-order valence-electron chi connectivity index (χ4n) is 1.94. The summed E-state index contributed by atoms with van der Waals surface area (Å²) in [6.45, 7) is 3.65. The first kappa shape index (κ1) is 17.3. The number of nitrogens with one attached hydrogen (secondary N) is 1. The molecule has 8 heteroatoms. The summed E-state index contributed by atoms with van der Waals surface area (Å²) in [4.78, 5) is 24.1. The van der Waals surface area contributed by atoms with Crippen molar-refractivity contribution in [2.24, 2.45) is 7.05 Å². The van der Waals surface area contributed by atoms with Crippen molar-refractivity contribution in [1.82, 2.24) is 9.13 Å². The van der Waals surface area contributed by atoms with Crippen LogP contribution in [0.3, 0.4) is 0 Å². The van der Waals surface area contributed by atoms with Gasteiger partial charge in [-0.25, -0.2) is 4.79 Å². The number of nitrogens with two attached hydrogens (primary N) is 1. The number of aliphatic hydroxyl groups is 1. The summed E-state index contributed by atoms with van der Waals surface area (Å²) in [7, 11) is 1.44. The van der Waals surface area contributed by atoms with Crippen molar-refractivity contribution in [2.45, 2.75) is 26.3 Å².